The molecule has 5 heteroatoms. The number of anilines is 2. The third kappa shape index (κ3) is 4.42. The van der Waals surface area contributed by atoms with Gasteiger partial charge in [0.2, 0.25) is 0 Å². The van der Waals surface area contributed by atoms with Gasteiger partial charge in [0.05, 0.1) is 11.4 Å². The standard InChI is InChI=1S/C15H26N4O/c1-5-11(2)19(4)9-8-18-14-7-6-12(10-13(14)16)15(20)17-3/h6-7,10-11,18H,5,8-9,16H2,1-4H3,(H,17,20). The van der Waals surface area contributed by atoms with Gasteiger partial charge in [-0.05, 0) is 38.6 Å². The van der Waals surface area contributed by atoms with E-state index >= 15 is 0 Å². The summed E-state index contributed by atoms with van der Waals surface area (Å²) in [5.74, 6) is -0.125. The van der Waals surface area contributed by atoms with Crippen molar-refractivity contribution in [2.45, 2.75) is 26.3 Å². The zero-order valence-corrected chi connectivity index (χ0v) is 12.9. The van der Waals surface area contributed by atoms with Gasteiger partial charge in [0.1, 0.15) is 0 Å². The van der Waals surface area contributed by atoms with Crippen molar-refractivity contribution in [3.8, 4) is 0 Å². The first-order valence-electron chi connectivity index (χ1n) is 7.05. The number of carbonyl (C=O) groups excluding carboxylic acids is 1. The summed E-state index contributed by atoms with van der Waals surface area (Å²) >= 11 is 0. The Morgan fingerprint density at radius 3 is 2.70 bits per heavy atom. The van der Waals surface area contributed by atoms with E-state index in [-0.39, 0.29) is 5.91 Å². The molecule has 0 aliphatic carbocycles. The van der Waals surface area contributed by atoms with Crippen LogP contribution in [0, 0.1) is 0 Å². The van der Waals surface area contributed by atoms with Gasteiger partial charge in [0, 0.05) is 31.7 Å². The SMILES string of the molecule is CCC(C)N(C)CCNc1ccc(C(=O)NC)cc1N. The summed E-state index contributed by atoms with van der Waals surface area (Å²) in [5, 5.41) is 5.89. The van der Waals surface area contributed by atoms with Crippen molar-refractivity contribution in [3.05, 3.63) is 23.8 Å². The van der Waals surface area contributed by atoms with E-state index in [1.165, 1.54) is 0 Å². The molecule has 1 rings (SSSR count). The normalized spacial score (nSPS) is 12.2. The molecule has 0 bridgehead atoms. The highest BCUT2D eigenvalue weighted by molar-refractivity contribution is 5.95. The molecule has 0 aromatic heterocycles. The Bertz CT molecular complexity index is 447. The Kier molecular flexibility index (Phi) is 6.31. The predicted octanol–water partition coefficient (Wildman–Crippen LogP) is 1.77. The number of nitrogens with zero attached hydrogens (tertiary/aromatic N) is 1. The van der Waals surface area contributed by atoms with E-state index in [1.54, 1.807) is 19.2 Å². The maximum absolute atomic E-state index is 11.5. The average molecular weight is 278 g/mol. The minimum Gasteiger partial charge on any atom is -0.397 e. The molecule has 20 heavy (non-hydrogen) atoms. The first-order valence-corrected chi connectivity index (χ1v) is 7.05. The zero-order chi connectivity index (χ0) is 15.1. The number of likely N-dealkylation sites (N-methyl/N-ethyl adjacent to an activating group) is 1. The first kappa shape index (κ1) is 16.3. The summed E-state index contributed by atoms with van der Waals surface area (Å²) in [7, 11) is 3.73. The highest BCUT2D eigenvalue weighted by atomic mass is 16.1. The van der Waals surface area contributed by atoms with Crippen molar-refractivity contribution in [1.82, 2.24) is 10.2 Å². The summed E-state index contributed by atoms with van der Waals surface area (Å²) in [4.78, 5) is 13.8. The van der Waals surface area contributed by atoms with Crippen molar-refractivity contribution in [3.63, 3.8) is 0 Å². The van der Waals surface area contributed by atoms with Crippen molar-refractivity contribution >= 4 is 17.3 Å². The average Bonchev–Trinajstić information content (AvgIpc) is 2.46. The molecule has 1 unspecified atom stereocenters. The quantitative estimate of drug-likeness (QED) is 0.665. The fraction of sp³-hybridized carbons (Fsp3) is 0.533. The summed E-state index contributed by atoms with van der Waals surface area (Å²) in [5.41, 5.74) is 8.00. The summed E-state index contributed by atoms with van der Waals surface area (Å²) in [6, 6.07) is 5.89. The number of hydrogen-bond acceptors (Lipinski definition) is 4. The smallest absolute Gasteiger partial charge is 0.251 e. The molecule has 0 aliphatic rings. The third-order valence-corrected chi connectivity index (χ3v) is 3.66. The summed E-state index contributed by atoms with van der Waals surface area (Å²) in [6.45, 7) is 6.17. The van der Waals surface area contributed by atoms with Gasteiger partial charge in [-0.15, -0.1) is 0 Å². The fourth-order valence-corrected chi connectivity index (χ4v) is 1.91. The lowest BCUT2D eigenvalue weighted by Crippen LogP contribution is -2.32. The van der Waals surface area contributed by atoms with Crippen LogP contribution in [0.25, 0.3) is 0 Å². The second-order valence-corrected chi connectivity index (χ2v) is 5.05. The third-order valence-electron chi connectivity index (χ3n) is 3.66. The van der Waals surface area contributed by atoms with Crippen LogP contribution in [-0.2, 0) is 0 Å². The summed E-state index contributed by atoms with van der Waals surface area (Å²) < 4.78 is 0. The van der Waals surface area contributed by atoms with Gasteiger partial charge in [-0.3, -0.25) is 4.79 Å². The second kappa shape index (κ2) is 7.75. The van der Waals surface area contributed by atoms with Gasteiger partial charge in [-0.2, -0.15) is 0 Å². The number of benzene rings is 1. The van der Waals surface area contributed by atoms with Gasteiger partial charge in [-0.1, -0.05) is 6.92 Å². The summed E-state index contributed by atoms with van der Waals surface area (Å²) in [6.07, 6.45) is 1.14. The molecule has 0 radical (unpaired) electrons. The molecule has 0 aliphatic heterocycles. The fourth-order valence-electron chi connectivity index (χ4n) is 1.91. The molecule has 112 valence electrons. The van der Waals surface area contributed by atoms with E-state index in [4.69, 9.17) is 5.73 Å². The van der Waals surface area contributed by atoms with Crippen LogP contribution in [0.1, 0.15) is 30.6 Å². The molecular formula is C15H26N4O. The van der Waals surface area contributed by atoms with Crippen molar-refractivity contribution < 1.29 is 4.79 Å². The van der Waals surface area contributed by atoms with Crippen LogP contribution >= 0.6 is 0 Å². The minimum absolute atomic E-state index is 0.125. The van der Waals surface area contributed by atoms with Crippen LogP contribution in [0.15, 0.2) is 18.2 Å². The monoisotopic (exact) mass is 278 g/mol. The Labute approximate surface area is 121 Å². The van der Waals surface area contributed by atoms with Crippen LogP contribution in [-0.4, -0.2) is 44.0 Å². The molecule has 4 N–H and O–H groups in total. The van der Waals surface area contributed by atoms with Crippen LogP contribution in [0.2, 0.25) is 0 Å². The number of nitrogens with two attached hydrogens (primary N) is 1. The number of nitrogen functional groups attached to an aromatic ring is 1. The minimum atomic E-state index is -0.125. The molecule has 1 aromatic rings. The van der Waals surface area contributed by atoms with Crippen LogP contribution in [0.5, 0.6) is 0 Å². The van der Waals surface area contributed by atoms with E-state index in [2.05, 4.69) is 36.4 Å². The molecule has 1 atom stereocenters. The lowest BCUT2D eigenvalue weighted by Gasteiger charge is -2.23. The maximum atomic E-state index is 11.5. The molecule has 1 aromatic carbocycles. The molecular weight excluding hydrogens is 252 g/mol. The highest BCUT2D eigenvalue weighted by Crippen LogP contribution is 2.19. The van der Waals surface area contributed by atoms with Gasteiger partial charge in [-0.25, -0.2) is 0 Å². The maximum Gasteiger partial charge on any atom is 0.251 e. The molecule has 0 saturated heterocycles. The van der Waals surface area contributed by atoms with Crippen molar-refractivity contribution in [2.75, 3.05) is 38.2 Å². The lowest BCUT2D eigenvalue weighted by atomic mass is 10.1. The molecule has 0 spiro atoms. The van der Waals surface area contributed by atoms with Gasteiger partial charge >= 0.3 is 0 Å². The topological polar surface area (TPSA) is 70.4 Å². The molecule has 0 fully saturated rings. The van der Waals surface area contributed by atoms with Crippen LogP contribution in [0.4, 0.5) is 11.4 Å². The van der Waals surface area contributed by atoms with E-state index in [0.717, 1.165) is 25.2 Å². The van der Waals surface area contributed by atoms with Crippen molar-refractivity contribution in [2.24, 2.45) is 0 Å². The van der Waals surface area contributed by atoms with Gasteiger partial charge in [0.15, 0.2) is 0 Å². The van der Waals surface area contributed by atoms with E-state index in [1.807, 2.05) is 6.07 Å². The van der Waals surface area contributed by atoms with E-state index in [9.17, 15) is 4.79 Å². The number of carbonyl (C=O) groups is 1. The molecule has 0 heterocycles. The van der Waals surface area contributed by atoms with Gasteiger partial charge < -0.3 is 21.3 Å². The highest BCUT2D eigenvalue weighted by Gasteiger charge is 2.08. The Morgan fingerprint density at radius 1 is 1.45 bits per heavy atom. The van der Waals surface area contributed by atoms with Crippen molar-refractivity contribution in [1.29, 1.82) is 0 Å². The Hall–Kier alpha value is -1.75. The Morgan fingerprint density at radius 2 is 2.15 bits per heavy atom. The van der Waals surface area contributed by atoms with Gasteiger partial charge in [0.25, 0.3) is 5.91 Å². The molecule has 0 saturated carbocycles. The number of nitrogens with one attached hydrogen (secondary N) is 2. The largest absolute Gasteiger partial charge is 0.397 e. The van der Waals surface area contributed by atoms with Crippen LogP contribution in [0.3, 0.4) is 0 Å². The lowest BCUT2D eigenvalue weighted by molar-refractivity contribution is 0.0963. The second-order valence-electron chi connectivity index (χ2n) is 5.05. The zero-order valence-electron chi connectivity index (χ0n) is 12.9. The van der Waals surface area contributed by atoms with E-state index < -0.39 is 0 Å². The number of rotatable bonds is 7. The molecule has 5 nitrogen and oxygen atoms in total. The molecule has 1 amide bonds. The first-order chi connectivity index (χ1) is 9.49. The number of hydrogen-bond donors (Lipinski definition) is 3. The van der Waals surface area contributed by atoms with E-state index in [0.29, 0.717) is 17.3 Å². The predicted molar refractivity (Wildman–Crippen MR) is 85.1 cm³/mol. The Balaban J connectivity index is 2.55. The van der Waals surface area contributed by atoms with Crippen LogP contribution < -0.4 is 16.4 Å². The number of amides is 1.